The van der Waals surface area contributed by atoms with Gasteiger partial charge in [-0.1, -0.05) is 48.0 Å². The lowest BCUT2D eigenvalue weighted by atomic mass is 10.2. The van der Waals surface area contributed by atoms with Crippen LogP contribution in [0.15, 0.2) is 73.2 Å². The number of aromatic nitrogens is 3. The van der Waals surface area contributed by atoms with Gasteiger partial charge in [-0.2, -0.15) is 0 Å². The monoisotopic (exact) mass is 389 g/mol. The summed E-state index contributed by atoms with van der Waals surface area (Å²) >= 11 is 6.10. The Balaban J connectivity index is 1.45. The summed E-state index contributed by atoms with van der Waals surface area (Å²) in [6, 6.07) is 17.1. The minimum Gasteiger partial charge on any atom is -0.347 e. The van der Waals surface area contributed by atoms with Crippen molar-refractivity contribution in [2.75, 3.05) is 5.32 Å². The number of para-hydroxylation sites is 1. The molecule has 4 rings (SSSR count). The summed E-state index contributed by atoms with van der Waals surface area (Å²) < 4.78 is 0. The number of nitrogens with zero attached hydrogens (tertiary/aromatic N) is 3. The lowest BCUT2D eigenvalue weighted by Gasteiger charge is -2.09. The van der Waals surface area contributed by atoms with Gasteiger partial charge in [-0.3, -0.25) is 9.78 Å². The molecule has 6 nitrogen and oxygen atoms in total. The van der Waals surface area contributed by atoms with Gasteiger partial charge in [0.1, 0.15) is 11.5 Å². The number of anilines is 2. The number of nitrogens with one attached hydrogen (secondary N) is 2. The highest BCUT2D eigenvalue weighted by Crippen LogP contribution is 2.23. The summed E-state index contributed by atoms with van der Waals surface area (Å²) in [7, 11) is 0. The van der Waals surface area contributed by atoms with E-state index < -0.39 is 0 Å². The Labute approximate surface area is 166 Å². The van der Waals surface area contributed by atoms with Crippen LogP contribution >= 0.6 is 11.6 Å². The van der Waals surface area contributed by atoms with Crippen molar-refractivity contribution in [1.82, 2.24) is 20.3 Å². The van der Waals surface area contributed by atoms with Crippen LogP contribution in [0.3, 0.4) is 0 Å². The molecule has 0 saturated heterocycles. The van der Waals surface area contributed by atoms with E-state index in [1.165, 1.54) is 12.4 Å². The van der Waals surface area contributed by atoms with E-state index in [9.17, 15) is 4.79 Å². The standard InChI is InChI=1S/C21H16ClN5O/c22-16-8-2-1-5-15(16)11-26-21(28)18-12-25-19(13-24-18)27-17-9-3-6-14-7-4-10-23-20(14)17/h1-10,12-13H,11H2,(H,25,27)(H,26,28). The molecule has 2 aromatic carbocycles. The Kier molecular flexibility index (Phi) is 5.12. The predicted molar refractivity (Wildman–Crippen MR) is 110 cm³/mol. The first-order valence-electron chi connectivity index (χ1n) is 8.65. The summed E-state index contributed by atoms with van der Waals surface area (Å²) in [5.74, 6) is 0.214. The van der Waals surface area contributed by atoms with E-state index in [0.717, 1.165) is 22.2 Å². The van der Waals surface area contributed by atoms with Crippen LogP contribution in [0, 0.1) is 0 Å². The van der Waals surface area contributed by atoms with Crippen LogP contribution < -0.4 is 10.6 Å². The molecular formula is C21H16ClN5O. The van der Waals surface area contributed by atoms with Gasteiger partial charge in [-0.05, 0) is 23.8 Å². The molecule has 7 heteroatoms. The van der Waals surface area contributed by atoms with Crippen LogP contribution in [0.4, 0.5) is 11.5 Å². The second kappa shape index (κ2) is 8.02. The number of carbonyl (C=O) groups is 1. The number of fused-ring (bicyclic) bond motifs is 1. The fourth-order valence-electron chi connectivity index (χ4n) is 2.76. The average Bonchev–Trinajstić information content (AvgIpc) is 2.74. The zero-order valence-corrected chi connectivity index (χ0v) is 15.5. The zero-order chi connectivity index (χ0) is 19.3. The first kappa shape index (κ1) is 17.9. The molecule has 0 unspecified atom stereocenters. The highest BCUT2D eigenvalue weighted by Gasteiger charge is 2.10. The summed E-state index contributed by atoms with van der Waals surface area (Å²) in [6.07, 6.45) is 4.70. The molecule has 1 amide bonds. The largest absolute Gasteiger partial charge is 0.347 e. The van der Waals surface area contributed by atoms with Crippen LogP contribution in [-0.4, -0.2) is 20.9 Å². The van der Waals surface area contributed by atoms with Gasteiger partial charge in [0.2, 0.25) is 0 Å². The Morgan fingerprint density at radius 1 is 0.929 bits per heavy atom. The van der Waals surface area contributed by atoms with Crippen molar-refractivity contribution in [2.24, 2.45) is 0 Å². The van der Waals surface area contributed by atoms with Crippen molar-refractivity contribution >= 4 is 39.9 Å². The highest BCUT2D eigenvalue weighted by atomic mass is 35.5. The maximum absolute atomic E-state index is 12.3. The fraction of sp³-hybridized carbons (Fsp3) is 0.0476. The molecule has 28 heavy (non-hydrogen) atoms. The minimum absolute atomic E-state index is 0.230. The van der Waals surface area contributed by atoms with E-state index in [4.69, 9.17) is 11.6 Å². The van der Waals surface area contributed by atoms with E-state index in [1.54, 1.807) is 12.3 Å². The number of hydrogen-bond acceptors (Lipinski definition) is 5. The highest BCUT2D eigenvalue weighted by molar-refractivity contribution is 6.31. The van der Waals surface area contributed by atoms with Gasteiger partial charge >= 0.3 is 0 Å². The smallest absolute Gasteiger partial charge is 0.271 e. The van der Waals surface area contributed by atoms with Gasteiger partial charge in [0.15, 0.2) is 0 Å². The molecule has 0 aliphatic rings. The SMILES string of the molecule is O=C(NCc1ccccc1Cl)c1cnc(Nc2cccc3cccnc23)cn1. The van der Waals surface area contributed by atoms with Gasteiger partial charge < -0.3 is 10.6 Å². The predicted octanol–water partition coefficient (Wildman–Crippen LogP) is 4.35. The number of pyridine rings is 1. The molecule has 2 aromatic heterocycles. The van der Waals surface area contributed by atoms with Crippen molar-refractivity contribution in [3.63, 3.8) is 0 Å². The van der Waals surface area contributed by atoms with Gasteiger partial charge in [0, 0.05) is 23.2 Å². The lowest BCUT2D eigenvalue weighted by Crippen LogP contribution is -2.24. The second-order valence-electron chi connectivity index (χ2n) is 6.07. The first-order valence-corrected chi connectivity index (χ1v) is 9.03. The summed E-state index contributed by atoms with van der Waals surface area (Å²) in [5.41, 5.74) is 2.73. The number of benzene rings is 2. The van der Waals surface area contributed by atoms with Crippen molar-refractivity contribution in [3.8, 4) is 0 Å². The third-order valence-electron chi connectivity index (χ3n) is 4.18. The molecule has 0 atom stereocenters. The van der Waals surface area contributed by atoms with E-state index in [2.05, 4.69) is 25.6 Å². The van der Waals surface area contributed by atoms with E-state index in [1.807, 2.05) is 48.5 Å². The fourth-order valence-corrected chi connectivity index (χ4v) is 2.96. The number of carbonyl (C=O) groups excluding carboxylic acids is 1. The maximum Gasteiger partial charge on any atom is 0.271 e. The Bertz CT molecular complexity index is 1130. The molecule has 0 saturated carbocycles. The number of amides is 1. The van der Waals surface area contributed by atoms with Crippen LogP contribution in [0.2, 0.25) is 5.02 Å². The topological polar surface area (TPSA) is 79.8 Å². The molecule has 2 N–H and O–H groups in total. The Hall–Kier alpha value is -3.51. The molecule has 4 aromatic rings. The molecule has 0 aliphatic heterocycles. The summed E-state index contributed by atoms with van der Waals surface area (Å²) in [6.45, 7) is 0.321. The van der Waals surface area contributed by atoms with Crippen molar-refractivity contribution in [3.05, 3.63) is 89.5 Å². The van der Waals surface area contributed by atoms with E-state index in [-0.39, 0.29) is 11.6 Å². The van der Waals surface area contributed by atoms with Crippen LogP contribution in [0.1, 0.15) is 16.1 Å². The van der Waals surface area contributed by atoms with Gasteiger partial charge in [-0.15, -0.1) is 0 Å². The molecule has 138 valence electrons. The van der Waals surface area contributed by atoms with Crippen molar-refractivity contribution in [2.45, 2.75) is 6.54 Å². The zero-order valence-electron chi connectivity index (χ0n) is 14.8. The molecule has 0 fully saturated rings. The molecular weight excluding hydrogens is 374 g/mol. The summed E-state index contributed by atoms with van der Waals surface area (Å²) in [5, 5.41) is 7.62. The molecule has 0 spiro atoms. The van der Waals surface area contributed by atoms with Crippen molar-refractivity contribution < 1.29 is 4.79 Å². The minimum atomic E-state index is -0.314. The lowest BCUT2D eigenvalue weighted by molar-refractivity contribution is 0.0945. The Morgan fingerprint density at radius 2 is 1.79 bits per heavy atom. The maximum atomic E-state index is 12.3. The third kappa shape index (κ3) is 3.92. The quantitative estimate of drug-likeness (QED) is 0.530. The van der Waals surface area contributed by atoms with Crippen LogP contribution in [0.5, 0.6) is 0 Å². The number of hydrogen-bond donors (Lipinski definition) is 2. The van der Waals surface area contributed by atoms with Gasteiger partial charge in [0.05, 0.1) is 23.6 Å². The van der Waals surface area contributed by atoms with E-state index in [0.29, 0.717) is 17.4 Å². The first-order chi connectivity index (χ1) is 13.7. The normalized spacial score (nSPS) is 10.6. The molecule has 0 bridgehead atoms. The number of halogens is 1. The molecule has 2 heterocycles. The van der Waals surface area contributed by atoms with Crippen LogP contribution in [0.25, 0.3) is 10.9 Å². The van der Waals surface area contributed by atoms with Crippen molar-refractivity contribution in [1.29, 1.82) is 0 Å². The Morgan fingerprint density at radius 3 is 2.61 bits per heavy atom. The average molecular weight is 390 g/mol. The summed E-state index contributed by atoms with van der Waals surface area (Å²) in [4.78, 5) is 25.2. The van der Waals surface area contributed by atoms with Gasteiger partial charge in [-0.25, -0.2) is 9.97 Å². The third-order valence-corrected chi connectivity index (χ3v) is 4.55. The number of rotatable bonds is 5. The van der Waals surface area contributed by atoms with Gasteiger partial charge in [0.25, 0.3) is 5.91 Å². The van der Waals surface area contributed by atoms with E-state index >= 15 is 0 Å². The van der Waals surface area contributed by atoms with Crippen LogP contribution in [-0.2, 0) is 6.54 Å². The molecule has 0 aliphatic carbocycles. The second-order valence-corrected chi connectivity index (χ2v) is 6.47. The molecule has 0 radical (unpaired) electrons.